The van der Waals surface area contributed by atoms with E-state index < -0.39 is 0 Å². The third kappa shape index (κ3) is 2.88. The summed E-state index contributed by atoms with van der Waals surface area (Å²) in [7, 11) is 4.63. The summed E-state index contributed by atoms with van der Waals surface area (Å²) in [6.45, 7) is 0.202. The zero-order chi connectivity index (χ0) is 12.8. The molecule has 5 nitrogen and oxygen atoms in total. The third-order valence-electron chi connectivity index (χ3n) is 2.42. The highest BCUT2D eigenvalue weighted by Gasteiger charge is 2.19. The molecular weight excluding hydrogens is 222 g/mol. The second-order valence-electron chi connectivity index (χ2n) is 3.49. The molecular formula is C12H17NO4. The van der Waals surface area contributed by atoms with Gasteiger partial charge in [0.2, 0.25) is 0 Å². The van der Waals surface area contributed by atoms with Crippen LogP contribution in [0.2, 0.25) is 0 Å². The first kappa shape index (κ1) is 13.3. The molecule has 0 bridgehead atoms. The maximum absolute atomic E-state index is 12.1. The predicted octanol–water partition coefficient (Wildman–Crippen LogP) is 0.768. The topological polar surface area (TPSA) is 59.0 Å². The fraction of sp³-hybridized carbons (Fsp3) is 0.417. The fourth-order valence-corrected chi connectivity index (χ4v) is 1.51. The first-order valence-electron chi connectivity index (χ1n) is 5.23. The van der Waals surface area contributed by atoms with Gasteiger partial charge in [-0.1, -0.05) is 6.07 Å². The summed E-state index contributed by atoms with van der Waals surface area (Å²) < 4.78 is 10.3. The molecule has 0 atom stereocenters. The minimum atomic E-state index is -0.213. The number of aliphatic hydroxyl groups is 1. The van der Waals surface area contributed by atoms with Crippen LogP contribution in [-0.4, -0.2) is 50.3 Å². The number of carbonyl (C=O) groups excluding carboxylic acids is 1. The lowest BCUT2D eigenvalue weighted by Gasteiger charge is -2.18. The number of benzene rings is 1. The summed E-state index contributed by atoms with van der Waals surface area (Å²) in [6.07, 6.45) is 0. The number of rotatable bonds is 5. The number of hydrogen-bond acceptors (Lipinski definition) is 4. The van der Waals surface area contributed by atoms with Crippen LogP contribution in [0, 0.1) is 0 Å². The number of ether oxygens (including phenoxy) is 2. The van der Waals surface area contributed by atoms with Crippen LogP contribution in [0.1, 0.15) is 10.4 Å². The summed E-state index contributed by atoms with van der Waals surface area (Å²) in [5.74, 6) is 0.704. The summed E-state index contributed by atoms with van der Waals surface area (Å²) in [6, 6.07) is 5.11. The molecule has 17 heavy (non-hydrogen) atoms. The molecule has 0 saturated carbocycles. The van der Waals surface area contributed by atoms with Gasteiger partial charge in [-0.15, -0.1) is 0 Å². The summed E-state index contributed by atoms with van der Waals surface area (Å²) in [5, 5.41) is 8.81. The summed E-state index contributed by atoms with van der Waals surface area (Å²) in [4.78, 5) is 13.5. The van der Waals surface area contributed by atoms with E-state index in [-0.39, 0.29) is 19.1 Å². The first-order valence-corrected chi connectivity index (χ1v) is 5.23. The molecule has 0 aliphatic carbocycles. The van der Waals surface area contributed by atoms with Crippen LogP contribution in [0.15, 0.2) is 18.2 Å². The lowest BCUT2D eigenvalue weighted by Crippen LogP contribution is -2.29. The van der Waals surface area contributed by atoms with Gasteiger partial charge >= 0.3 is 0 Å². The monoisotopic (exact) mass is 239 g/mol. The molecule has 1 aromatic rings. The highest BCUT2D eigenvalue weighted by Crippen LogP contribution is 2.31. The Morgan fingerprint density at radius 1 is 1.35 bits per heavy atom. The van der Waals surface area contributed by atoms with Crippen LogP contribution in [-0.2, 0) is 0 Å². The van der Waals surface area contributed by atoms with Gasteiger partial charge < -0.3 is 19.5 Å². The molecule has 0 saturated heterocycles. The first-order chi connectivity index (χ1) is 8.15. The number of para-hydroxylation sites is 1. The van der Waals surface area contributed by atoms with Gasteiger partial charge in [-0.2, -0.15) is 0 Å². The fourth-order valence-electron chi connectivity index (χ4n) is 1.51. The highest BCUT2D eigenvalue weighted by molar-refractivity contribution is 5.97. The van der Waals surface area contributed by atoms with Crippen molar-refractivity contribution in [3.8, 4) is 11.5 Å². The average molecular weight is 239 g/mol. The van der Waals surface area contributed by atoms with Gasteiger partial charge in [0.15, 0.2) is 11.5 Å². The maximum Gasteiger partial charge on any atom is 0.257 e. The molecule has 0 fully saturated rings. The zero-order valence-electron chi connectivity index (χ0n) is 10.3. The molecule has 94 valence electrons. The number of likely N-dealkylation sites (N-methyl/N-ethyl adjacent to an activating group) is 1. The van der Waals surface area contributed by atoms with E-state index in [2.05, 4.69) is 0 Å². The Balaban J connectivity index is 3.08. The van der Waals surface area contributed by atoms with E-state index in [1.54, 1.807) is 25.2 Å². The Labute approximate surface area is 101 Å². The molecule has 0 aliphatic heterocycles. The molecule has 0 aliphatic rings. The van der Waals surface area contributed by atoms with E-state index in [9.17, 15) is 4.79 Å². The number of aliphatic hydroxyl groups excluding tert-OH is 1. The van der Waals surface area contributed by atoms with Crippen molar-refractivity contribution in [1.29, 1.82) is 0 Å². The van der Waals surface area contributed by atoms with E-state index in [1.165, 1.54) is 19.1 Å². The average Bonchev–Trinajstić information content (AvgIpc) is 2.36. The van der Waals surface area contributed by atoms with E-state index in [0.29, 0.717) is 17.1 Å². The number of carbonyl (C=O) groups is 1. The van der Waals surface area contributed by atoms with Gasteiger partial charge in [0.25, 0.3) is 5.91 Å². The number of methoxy groups -OCH3 is 2. The quantitative estimate of drug-likeness (QED) is 0.824. The molecule has 5 heteroatoms. The molecule has 0 aromatic heterocycles. The van der Waals surface area contributed by atoms with E-state index in [0.717, 1.165) is 0 Å². The van der Waals surface area contributed by atoms with Crippen LogP contribution >= 0.6 is 0 Å². The second kappa shape index (κ2) is 6.10. The van der Waals surface area contributed by atoms with Crippen LogP contribution < -0.4 is 9.47 Å². The lowest BCUT2D eigenvalue weighted by atomic mass is 10.1. The Hall–Kier alpha value is -1.75. The molecule has 1 amide bonds. The van der Waals surface area contributed by atoms with Crippen LogP contribution in [0.25, 0.3) is 0 Å². The maximum atomic E-state index is 12.1. The standard InChI is InChI=1S/C12H17NO4/c1-13(7-8-14)12(15)9-5-4-6-10(16-2)11(9)17-3/h4-6,14H,7-8H2,1-3H3. The second-order valence-corrected chi connectivity index (χ2v) is 3.49. The molecule has 0 radical (unpaired) electrons. The largest absolute Gasteiger partial charge is 0.493 e. The Morgan fingerprint density at radius 2 is 2.06 bits per heavy atom. The number of hydrogen-bond donors (Lipinski definition) is 1. The van der Waals surface area contributed by atoms with Gasteiger partial charge in [-0.3, -0.25) is 4.79 Å². The Bertz CT molecular complexity index is 392. The normalized spacial score (nSPS) is 9.88. The van der Waals surface area contributed by atoms with Gasteiger partial charge in [-0.25, -0.2) is 0 Å². The number of amides is 1. The van der Waals surface area contributed by atoms with E-state index in [4.69, 9.17) is 14.6 Å². The van der Waals surface area contributed by atoms with E-state index >= 15 is 0 Å². The van der Waals surface area contributed by atoms with Crippen LogP contribution in [0.4, 0.5) is 0 Å². The number of nitrogens with zero attached hydrogens (tertiary/aromatic N) is 1. The zero-order valence-corrected chi connectivity index (χ0v) is 10.3. The Kier molecular flexibility index (Phi) is 4.78. The van der Waals surface area contributed by atoms with Crippen molar-refractivity contribution >= 4 is 5.91 Å². The lowest BCUT2D eigenvalue weighted by molar-refractivity contribution is 0.0763. The third-order valence-corrected chi connectivity index (χ3v) is 2.42. The summed E-state index contributed by atoms with van der Waals surface area (Å²) in [5.41, 5.74) is 0.419. The SMILES string of the molecule is COc1cccc(C(=O)N(C)CCO)c1OC. The van der Waals surface area contributed by atoms with Crippen molar-refractivity contribution in [3.63, 3.8) is 0 Å². The van der Waals surface area contributed by atoms with Gasteiger partial charge in [0.1, 0.15) is 0 Å². The van der Waals surface area contributed by atoms with Gasteiger partial charge in [-0.05, 0) is 12.1 Å². The molecule has 0 spiro atoms. The van der Waals surface area contributed by atoms with E-state index in [1.807, 2.05) is 0 Å². The van der Waals surface area contributed by atoms with Gasteiger partial charge in [0.05, 0.1) is 26.4 Å². The van der Waals surface area contributed by atoms with Crippen molar-refractivity contribution in [2.75, 3.05) is 34.4 Å². The smallest absolute Gasteiger partial charge is 0.257 e. The van der Waals surface area contributed by atoms with Crippen molar-refractivity contribution < 1.29 is 19.4 Å². The minimum Gasteiger partial charge on any atom is -0.493 e. The Morgan fingerprint density at radius 3 is 2.59 bits per heavy atom. The van der Waals surface area contributed by atoms with Crippen molar-refractivity contribution in [2.24, 2.45) is 0 Å². The predicted molar refractivity (Wildman–Crippen MR) is 63.6 cm³/mol. The van der Waals surface area contributed by atoms with Crippen molar-refractivity contribution in [1.82, 2.24) is 4.90 Å². The van der Waals surface area contributed by atoms with Gasteiger partial charge in [0, 0.05) is 13.6 Å². The van der Waals surface area contributed by atoms with Crippen LogP contribution in [0.3, 0.4) is 0 Å². The van der Waals surface area contributed by atoms with Crippen molar-refractivity contribution in [3.05, 3.63) is 23.8 Å². The van der Waals surface area contributed by atoms with Crippen LogP contribution in [0.5, 0.6) is 11.5 Å². The summed E-state index contributed by atoms with van der Waals surface area (Å²) >= 11 is 0. The molecule has 0 heterocycles. The molecule has 1 rings (SSSR count). The highest BCUT2D eigenvalue weighted by atomic mass is 16.5. The molecule has 1 aromatic carbocycles. The van der Waals surface area contributed by atoms with Crippen molar-refractivity contribution in [2.45, 2.75) is 0 Å². The molecule has 1 N–H and O–H groups in total. The minimum absolute atomic E-state index is 0.0749. The molecule has 0 unspecified atom stereocenters.